The van der Waals surface area contributed by atoms with Crippen molar-refractivity contribution in [3.05, 3.63) is 69.8 Å². The van der Waals surface area contributed by atoms with E-state index in [4.69, 9.17) is 0 Å². The van der Waals surface area contributed by atoms with Gasteiger partial charge in [-0.05, 0) is 60.7 Å². The highest BCUT2D eigenvalue weighted by molar-refractivity contribution is 9.09. The van der Waals surface area contributed by atoms with Gasteiger partial charge in [0.1, 0.15) is 11.6 Å². The molecule has 0 aliphatic carbocycles. The number of alkyl halides is 1. The molecule has 0 fully saturated rings. The molecule has 2 rings (SSSR count). The largest absolute Gasteiger partial charge is 0.207 e. The number of aryl methyl sites for hydroxylation is 3. The number of rotatable bonds is 2. The molecule has 0 amide bonds. The van der Waals surface area contributed by atoms with Crippen LogP contribution in [0.15, 0.2) is 30.3 Å². The van der Waals surface area contributed by atoms with Crippen molar-refractivity contribution in [2.75, 3.05) is 0 Å². The van der Waals surface area contributed by atoms with E-state index in [-0.39, 0.29) is 16.5 Å². The summed E-state index contributed by atoms with van der Waals surface area (Å²) in [6.07, 6.45) is 0. The maximum atomic E-state index is 13.6. The van der Waals surface area contributed by atoms with Crippen LogP contribution in [0.5, 0.6) is 0 Å². The number of benzene rings is 2. The van der Waals surface area contributed by atoms with Gasteiger partial charge in [-0.3, -0.25) is 0 Å². The summed E-state index contributed by atoms with van der Waals surface area (Å²) in [6.45, 7) is 5.42. The van der Waals surface area contributed by atoms with Gasteiger partial charge < -0.3 is 0 Å². The Balaban J connectivity index is 2.49. The normalized spacial score (nSPS) is 12.5. The Kier molecular flexibility index (Phi) is 4.04. The van der Waals surface area contributed by atoms with Gasteiger partial charge in [0.15, 0.2) is 0 Å². The van der Waals surface area contributed by atoms with Crippen LogP contribution < -0.4 is 0 Å². The molecule has 0 heterocycles. The molecule has 19 heavy (non-hydrogen) atoms. The Morgan fingerprint density at radius 1 is 0.895 bits per heavy atom. The molecule has 0 saturated carbocycles. The molecule has 0 spiro atoms. The summed E-state index contributed by atoms with van der Waals surface area (Å²) >= 11 is 3.58. The molecule has 100 valence electrons. The fourth-order valence-corrected chi connectivity index (χ4v) is 2.95. The highest BCUT2D eigenvalue weighted by atomic mass is 79.9. The minimum absolute atomic E-state index is 0.138. The Morgan fingerprint density at radius 3 is 2.05 bits per heavy atom. The fraction of sp³-hybridized carbons (Fsp3) is 0.250. The smallest absolute Gasteiger partial charge is 0.129 e. The Hall–Kier alpha value is -1.22. The lowest BCUT2D eigenvalue weighted by molar-refractivity contribution is 0.608. The van der Waals surface area contributed by atoms with Crippen molar-refractivity contribution >= 4 is 15.9 Å². The highest BCUT2D eigenvalue weighted by Gasteiger charge is 2.16. The van der Waals surface area contributed by atoms with Gasteiger partial charge in [-0.2, -0.15) is 0 Å². The molecule has 2 aromatic rings. The maximum absolute atomic E-state index is 13.6. The van der Waals surface area contributed by atoms with Gasteiger partial charge >= 0.3 is 0 Å². The van der Waals surface area contributed by atoms with Crippen molar-refractivity contribution < 1.29 is 8.78 Å². The molecule has 1 atom stereocenters. The molecule has 0 nitrogen and oxygen atoms in total. The Bertz CT molecular complexity index is 597. The Labute approximate surface area is 120 Å². The summed E-state index contributed by atoms with van der Waals surface area (Å²) in [4.78, 5) is -0.138. The molecular weight excluding hydrogens is 310 g/mol. The molecule has 0 bridgehead atoms. The molecule has 0 aromatic heterocycles. The lowest BCUT2D eigenvalue weighted by Gasteiger charge is -2.15. The zero-order chi connectivity index (χ0) is 14.2. The van der Waals surface area contributed by atoms with E-state index in [0.29, 0.717) is 11.1 Å². The van der Waals surface area contributed by atoms with E-state index in [1.165, 1.54) is 12.1 Å². The first-order valence-corrected chi connectivity index (χ1v) is 6.98. The van der Waals surface area contributed by atoms with Crippen LogP contribution in [0.3, 0.4) is 0 Å². The van der Waals surface area contributed by atoms with Gasteiger partial charge in [0.2, 0.25) is 0 Å². The van der Waals surface area contributed by atoms with E-state index in [2.05, 4.69) is 15.9 Å². The third kappa shape index (κ3) is 2.86. The summed E-state index contributed by atoms with van der Waals surface area (Å²) in [5.74, 6) is -0.444. The lowest BCUT2D eigenvalue weighted by Crippen LogP contribution is -2.00. The minimum atomic E-state index is -0.263. The summed E-state index contributed by atoms with van der Waals surface area (Å²) in [7, 11) is 0. The van der Waals surface area contributed by atoms with Crippen LogP contribution in [-0.2, 0) is 0 Å². The standard InChI is InChI=1S/C16H15BrF2/c1-9-4-5-13(18)8-14(9)15(17)12-6-10(2)16(19)11(3)7-12/h4-8,15H,1-3H3. The van der Waals surface area contributed by atoms with Crippen molar-refractivity contribution in [3.63, 3.8) is 0 Å². The van der Waals surface area contributed by atoms with E-state index in [0.717, 1.165) is 16.7 Å². The van der Waals surface area contributed by atoms with E-state index < -0.39 is 0 Å². The SMILES string of the molecule is Cc1ccc(F)cc1C(Br)c1cc(C)c(F)c(C)c1. The molecule has 0 radical (unpaired) electrons. The van der Waals surface area contributed by atoms with Gasteiger partial charge in [0.25, 0.3) is 0 Å². The van der Waals surface area contributed by atoms with Crippen molar-refractivity contribution in [1.82, 2.24) is 0 Å². The third-order valence-electron chi connectivity index (χ3n) is 3.27. The molecule has 2 aromatic carbocycles. The molecule has 1 unspecified atom stereocenters. The first-order chi connectivity index (χ1) is 8.90. The minimum Gasteiger partial charge on any atom is -0.207 e. The van der Waals surface area contributed by atoms with Gasteiger partial charge in [0.05, 0.1) is 4.83 Å². The number of halogens is 3. The van der Waals surface area contributed by atoms with E-state index in [1.807, 2.05) is 6.92 Å². The summed E-state index contributed by atoms with van der Waals surface area (Å²) < 4.78 is 27.0. The maximum Gasteiger partial charge on any atom is 0.129 e. The van der Waals surface area contributed by atoms with Crippen LogP contribution in [0.25, 0.3) is 0 Å². The fourth-order valence-electron chi connectivity index (χ4n) is 2.19. The third-order valence-corrected chi connectivity index (χ3v) is 4.29. The van der Waals surface area contributed by atoms with E-state index in [9.17, 15) is 8.78 Å². The highest BCUT2D eigenvalue weighted by Crippen LogP contribution is 2.34. The second-order valence-electron chi connectivity index (χ2n) is 4.83. The van der Waals surface area contributed by atoms with E-state index >= 15 is 0 Å². The second-order valence-corrected chi connectivity index (χ2v) is 5.75. The molecule has 0 N–H and O–H groups in total. The lowest BCUT2D eigenvalue weighted by atomic mass is 9.97. The topological polar surface area (TPSA) is 0 Å². The van der Waals surface area contributed by atoms with Gasteiger partial charge in [-0.25, -0.2) is 8.78 Å². The van der Waals surface area contributed by atoms with Gasteiger partial charge in [0, 0.05) is 0 Å². The quantitative estimate of drug-likeness (QED) is 0.651. The molecule has 0 aliphatic rings. The summed E-state index contributed by atoms with van der Waals surface area (Å²) in [5.41, 5.74) is 4.01. The van der Waals surface area contributed by atoms with Crippen LogP contribution in [-0.4, -0.2) is 0 Å². The molecular formula is C16H15BrF2. The predicted molar refractivity (Wildman–Crippen MR) is 77.8 cm³/mol. The van der Waals surface area contributed by atoms with Crippen LogP contribution in [0.4, 0.5) is 8.78 Å². The van der Waals surface area contributed by atoms with Crippen molar-refractivity contribution in [1.29, 1.82) is 0 Å². The average molecular weight is 325 g/mol. The monoisotopic (exact) mass is 324 g/mol. The van der Waals surface area contributed by atoms with Crippen LogP contribution in [0.2, 0.25) is 0 Å². The molecule has 0 aliphatic heterocycles. The first kappa shape index (κ1) is 14.2. The van der Waals surface area contributed by atoms with E-state index in [1.54, 1.807) is 32.0 Å². The second kappa shape index (κ2) is 5.41. The summed E-state index contributed by atoms with van der Waals surface area (Å²) in [5, 5.41) is 0. The van der Waals surface area contributed by atoms with Crippen LogP contribution >= 0.6 is 15.9 Å². The molecule has 0 saturated heterocycles. The van der Waals surface area contributed by atoms with Gasteiger partial charge in [-0.15, -0.1) is 0 Å². The zero-order valence-corrected chi connectivity index (χ0v) is 12.7. The molecule has 3 heteroatoms. The number of hydrogen-bond donors (Lipinski definition) is 0. The average Bonchev–Trinajstić information content (AvgIpc) is 2.37. The number of hydrogen-bond acceptors (Lipinski definition) is 0. The zero-order valence-electron chi connectivity index (χ0n) is 11.1. The van der Waals surface area contributed by atoms with Gasteiger partial charge in [-0.1, -0.05) is 34.1 Å². The Morgan fingerprint density at radius 2 is 1.47 bits per heavy atom. The predicted octanol–water partition coefficient (Wildman–Crippen LogP) is 5.37. The summed E-state index contributed by atoms with van der Waals surface area (Å²) in [6, 6.07) is 8.31. The van der Waals surface area contributed by atoms with Crippen molar-refractivity contribution in [2.24, 2.45) is 0 Å². The first-order valence-electron chi connectivity index (χ1n) is 6.07. The van der Waals surface area contributed by atoms with Crippen LogP contribution in [0.1, 0.15) is 32.6 Å². The van der Waals surface area contributed by atoms with Crippen LogP contribution in [0, 0.1) is 32.4 Å². The van der Waals surface area contributed by atoms with Crippen molar-refractivity contribution in [3.8, 4) is 0 Å². The van der Waals surface area contributed by atoms with Crippen molar-refractivity contribution in [2.45, 2.75) is 25.6 Å².